The van der Waals surface area contributed by atoms with Gasteiger partial charge < -0.3 is 19.2 Å². The average molecular weight is 261 g/mol. The molecule has 1 aromatic heterocycles. The maximum atomic E-state index is 5.96. The van der Waals surface area contributed by atoms with E-state index in [-0.39, 0.29) is 0 Å². The van der Waals surface area contributed by atoms with Gasteiger partial charge in [0.25, 0.3) is 0 Å². The van der Waals surface area contributed by atoms with Crippen molar-refractivity contribution in [3.05, 3.63) is 23.5 Å². The van der Waals surface area contributed by atoms with Crippen LogP contribution in [-0.2, 0) is 13.0 Å². The summed E-state index contributed by atoms with van der Waals surface area (Å²) in [5.41, 5.74) is 2.14. The van der Waals surface area contributed by atoms with Crippen molar-refractivity contribution in [3.63, 3.8) is 0 Å². The van der Waals surface area contributed by atoms with Gasteiger partial charge in [-0.15, -0.1) is 0 Å². The second-order valence-electron chi connectivity index (χ2n) is 4.74. The van der Waals surface area contributed by atoms with Crippen LogP contribution in [0.3, 0.4) is 0 Å². The lowest BCUT2D eigenvalue weighted by Crippen LogP contribution is -2.14. The van der Waals surface area contributed by atoms with Crippen LogP contribution in [0.2, 0.25) is 0 Å². The first-order chi connectivity index (χ1) is 9.33. The van der Waals surface area contributed by atoms with Crippen LogP contribution in [0.1, 0.15) is 31.6 Å². The minimum Gasteiger partial charge on any atom is -0.459 e. The van der Waals surface area contributed by atoms with E-state index in [2.05, 4.69) is 19.2 Å². The van der Waals surface area contributed by atoms with Crippen LogP contribution in [0, 0.1) is 0 Å². The minimum absolute atomic E-state index is 0.300. The summed E-state index contributed by atoms with van der Waals surface area (Å²) in [5.74, 6) is 2.61. The number of fused-ring (bicyclic) bond motifs is 2. The van der Waals surface area contributed by atoms with Gasteiger partial charge in [0.05, 0.1) is 6.54 Å². The van der Waals surface area contributed by atoms with Gasteiger partial charge >= 0.3 is 0 Å². The highest BCUT2D eigenvalue weighted by atomic mass is 16.7. The molecule has 4 heteroatoms. The van der Waals surface area contributed by atoms with E-state index in [1.54, 1.807) is 0 Å². The molecule has 2 aromatic rings. The summed E-state index contributed by atoms with van der Waals surface area (Å²) in [5, 5.41) is 4.53. The molecule has 0 atom stereocenters. The van der Waals surface area contributed by atoms with Crippen LogP contribution in [0.4, 0.5) is 0 Å². The molecule has 0 aliphatic carbocycles. The number of hydrogen-bond acceptors (Lipinski definition) is 4. The Hall–Kier alpha value is -1.68. The molecule has 102 valence electrons. The summed E-state index contributed by atoms with van der Waals surface area (Å²) in [6, 6.07) is 3.96. The molecule has 0 amide bonds. The van der Waals surface area contributed by atoms with Crippen molar-refractivity contribution < 1.29 is 13.9 Å². The third-order valence-electron chi connectivity index (χ3n) is 3.44. The van der Waals surface area contributed by atoms with Gasteiger partial charge in [-0.1, -0.05) is 13.8 Å². The highest BCUT2D eigenvalue weighted by molar-refractivity contribution is 5.86. The second-order valence-corrected chi connectivity index (χ2v) is 4.74. The number of aryl methyl sites for hydroxylation is 1. The predicted octanol–water partition coefficient (Wildman–Crippen LogP) is 3.22. The molecule has 0 saturated heterocycles. The minimum atomic E-state index is 0.300. The van der Waals surface area contributed by atoms with Crippen LogP contribution in [0.25, 0.3) is 11.0 Å². The summed E-state index contributed by atoms with van der Waals surface area (Å²) in [4.78, 5) is 0. The van der Waals surface area contributed by atoms with Gasteiger partial charge in [-0.25, -0.2) is 0 Å². The lowest BCUT2D eigenvalue weighted by atomic mass is 10.1. The Bertz CT molecular complexity index is 589. The first-order valence-electron chi connectivity index (χ1n) is 6.88. The zero-order chi connectivity index (χ0) is 13.2. The Labute approximate surface area is 112 Å². The fourth-order valence-electron chi connectivity index (χ4n) is 2.50. The molecule has 0 unspecified atom stereocenters. The lowest BCUT2D eigenvalue weighted by molar-refractivity contribution is 0.174. The molecule has 1 aliphatic rings. The fraction of sp³-hybridized carbons (Fsp3) is 0.467. The molecule has 1 aromatic carbocycles. The quantitative estimate of drug-likeness (QED) is 0.839. The number of hydrogen-bond donors (Lipinski definition) is 1. The first-order valence-corrected chi connectivity index (χ1v) is 6.88. The molecule has 1 N–H and O–H groups in total. The van der Waals surface area contributed by atoms with Crippen molar-refractivity contribution in [1.82, 2.24) is 5.32 Å². The maximum Gasteiger partial charge on any atom is 0.231 e. The number of furan rings is 1. The molecule has 3 rings (SSSR count). The summed E-state index contributed by atoms with van der Waals surface area (Å²) in [7, 11) is 0. The summed E-state index contributed by atoms with van der Waals surface area (Å²) in [6.07, 6.45) is 2.08. The van der Waals surface area contributed by atoms with Crippen LogP contribution in [0.5, 0.6) is 11.5 Å². The summed E-state index contributed by atoms with van der Waals surface area (Å²) in [6.45, 7) is 6.39. The van der Waals surface area contributed by atoms with E-state index < -0.39 is 0 Å². The molecular formula is C15H19NO3. The molecule has 0 spiro atoms. The van der Waals surface area contributed by atoms with Crippen molar-refractivity contribution in [1.29, 1.82) is 0 Å². The van der Waals surface area contributed by atoms with E-state index in [4.69, 9.17) is 13.9 Å². The van der Waals surface area contributed by atoms with Gasteiger partial charge in [0.15, 0.2) is 11.5 Å². The number of nitrogens with one attached hydrogen (secondary N) is 1. The van der Waals surface area contributed by atoms with Crippen molar-refractivity contribution in [2.45, 2.75) is 33.2 Å². The van der Waals surface area contributed by atoms with Crippen LogP contribution in [0.15, 0.2) is 16.5 Å². The van der Waals surface area contributed by atoms with Gasteiger partial charge in [0.1, 0.15) is 11.3 Å². The average Bonchev–Trinajstić information content (AvgIpc) is 2.99. The van der Waals surface area contributed by atoms with Crippen molar-refractivity contribution >= 4 is 11.0 Å². The molecule has 19 heavy (non-hydrogen) atoms. The summed E-state index contributed by atoms with van der Waals surface area (Å²) >= 11 is 0. The molecule has 4 nitrogen and oxygen atoms in total. The smallest absolute Gasteiger partial charge is 0.231 e. The Balaban J connectivity index is 1.99. The molecule has 0 radical (unpaired) electrons. The van der Waals surface area contributed by atoms with Crippen LogP contribution in [-0.4, -0.2) is 13.3 Å². The Kier molecular flexibility index (Phi) is 3.34. The molecule has 0 fully saturated rings. The number of ether oxygens (including phenoxy) is 2. The fourth-order valence-corrected chi connectivity index (χ4v) is 2.50. The molecule has 2 heterocycles. The third kappa shape index (κ3) is 2.16. The van der Waals surface area contributed by atoms with E-state index >= 15 is 0 Å². The van der Waals surface area contributed by atoms with Crippen molar-refractivity contribution in [2.24, 2.45) is 0 Å². The second kappa shape index (κ2) is 5.13. The highest BCUT2D eigenvalue weighted by Crippen LogP contribution is 2.39. The standard InChI is InChI=1S/C15H19NO3/c1-3-5-16-8-15-10(4-2)11-6-13-14(18-9-17-13)7-12(11)19-15/h6-7,16H,3-5,8-9H2,1-2H3. The third-order valence-corrected chi connectivity index (χ3v) is 3.44. The van der Waals surface area contributed by atoms with E-state index in [1.165, 1.54) is 5.56 Å². The summed E-state index contributed by atoms with van der Waals surface area (Å²) < 4.78 is 16.8. The highest BCUT2D eigenvalue weighted by Gasteiger charge is 2.19. The Morgan fingerprint density at radius 1 is 1.16 bits per heavy atom. The number of benzene rings is 1. The van der Waals surface area contributed by atoms with E-state index in [0.717, 1.165) is 54.2 Å². The monoisotopic (exact) mass is 261 g/mol. The SMILES string of the molecule is CCCNCc1oc2cc3c(cc2c1CC)OCO3. The largest absolute Gasteiger partial charge is 0.459 e. The zero-order valence-electron chi connectivity index (χ0n) is 11.4. The normalized spacial score (nSPS) is 13.4. The van der Waals surface area contributed by atoms with Gasteiger partial charge in [-0.3, -0.25) is 0 Å². The number of rotatable bonds is 5. The van der Waals surface area contributed by atoms with Gasteiger partial charge in [-0.05, 0) is 25.5 Å². The van der Waals surface area contributed by atoms with E-state index in [0.29, 0.717) is 6.79 Å². The first kappa shape index (κ1) is 12.4. The van der Waals surface area contributed by atoms with Gasteiger partial charge in [-0.2, -0.15) is 0 Å². The van der Waals surface area contributed by atoms with Crippen LogP contribution < -0.4 is 14.8 Å². The topological polar surface area (TPSA) is 43.6 Å². The maximum absolute atomic E-state index is 5.96. The van der Waals surface area contributed by atoms with Gasteiger partial charge in [0, 0.05) is 17.0 Å². The predicted molar refractivity (Wildman–Crippen MR) is 73.7 cm³/mol. The molecule has 0 saturated carbocycles. The Morgan fingerprint density at radius 3 is 2.68 bits per heavy atom. The van der Waals surface area contributed by atoms with E-state index in [1.807, 2.05) is 12.1 Å². The zero-order valence-corrected chi connectivity index (χ0v) is 11.4. The van der Waals surface area contributed by atoms with Crippen molar-refractivity contribution in [2.75, 3.05) is 13.3 Å². The van der Waals surface area contributed by atoms with Crippen LogP contribution >= 0.6 is 0 Å². The Morgan fingerprint density at radius 2 is 1.95 bits per heavy atom. The molecule has 1 aliphatic heterocycles. The van der Waals surface area contributed by atoms with E-state index in [9.17, 15) is 0 Å². The lowest BCUT2D eigenvalue weighted by Gasteiger charge is -2.02. The molecule has 0 bridgehead atoms. The van der Waals surface area contributed by atoms with Crippen molar-refractivity contribution in [3.8, 4) is 11.5 Å². The van der Waals surface area contributed by atoms with Gasteiger partial charge in [0.2, 0.25) is 6.79 Å². The molecular weight excluding hydrogens is 242 g/mol.